The smallest absolute Gasteiger partial charge is 0.244 e. The first-order chi connectivity index (χ1) is 15.2. The second kappa shape index (κ2) is 10.3. The van der Waals surface area contributed by atoms with Gasteiger partial charge in [0.15, 0.2) is 0 Å². The van der Waals surface area contributed by atoms with Gasteiger partial charge in [-0.1, -0.05) is 24.3 Å². The summed E-state index contributed by atoms with van der Waals surface area (Å²) in [5.41, 5.74) is 1.44. The molecule has 9 heteroatoms. The Morgan fingerprint density at radius 3 is 2.15 bits per heavy atom. The Labute approximate surface area is 195 Å². The fourth-order valence-electron chi connectivity index (χ4n) is 3.25. The van der Waals surface area contributed by atoms with Gasteiger partial charge in [0.1, 0.15) is 18.4 Å². The van der Waals surface area contributed by atoms with Crippen LogP contribution in [0.1, 0.15) is 38.8 Å². The molecule has 0 unspecified atom stereocenters. The van der Waals surface area contributed by atoms with E-state index in [1.54, 1.807) is 6.92 Å². The highest BCUT2D eigenvalue weighted by atomic mass is 32.2. The summed E-state index contributed by atoms with van der Waals surface area (Å²) in [6, 6.07) is 11.5. The number of halogens is 1. The van der Waals surface area contributed by atoms with Crippen LogP contribution in [-0.2, 0) is 26.2 Å². The number of nitrogens with zero attached hydrogens (tertiary/aromatic N) is 2. The molecule has 180 valence electrons. The van der Waals surface area contributed by atoms with Crippen LogP contribution < -0.4 is 9.62 Å². The number of sulfonamides is 1. The lowest BCUT2D eigenvalue weighted by Gasteiger charge is -2.33. The van der Waals surface area contributed by atoms with Gasteiger partial charge in [0, 0.05) is 12.1 Å². The lowest BCUT2D eigenvalue weighted by molar-refractivity contribution is -0.140. The fraction of sp³-hybridized carbons (Fsp3) is 0.417. The summed E-state index contributed by atoms with van der Waals surface area (Å²) in [4.78, 5) is 27.7. The van der Waals surface area contributed by atoms with Crippen LogP contribution in [0.3, 0.4) is 0 Å². The zero-order valence-electron chi connectivity index (χ0n) is 19.9. The first-order valence-corrected chi connectivity index (χ1v) is 12.4. The Balaban J connectivity index is 2.41. The Kier molecular flexibility index (Phi) is 8.24. The molecular weight excluding hydrogens is 445 g/mol. The number of benzene rings is 2. The Morgan fingerprint density at radius 1 is 1.06 bits per heavy atom. The van der Waals surface area contributed by atoms with E-state index in [0.717, 1.165) is 33.8 Å². The Morgan fingerprint density at radius 2 is 1.64 bits per heavy atom. The molecule has 1 atom stereocenters. The van der Waals surface area contributed by atoms with Crippen molar-refractivity contribution < 1.29 is 22.4 Å². The first kappa shape index (κ1) is 26.3. The SMILES string of the molecule is Cc1ccccc1CN(C(=O)CN(c1ccc(F)cc1)S(C)(=O)=O)[C@@H](C)C(=O)NC(C)(C)C. The van der Waals surface area contributed by atoms with Gasteiger partial charge in [0.05, 0.1) is 11.9 Å². The molecule has 0 spiro atoms. The fourth-order valence-corrected chi connectivity index (χ4v) is 4.10. The monoisotopic (exact) mass is 477 g/mol. The van der Waals surface area contributed by atoms with Crippen molar-refractivity contribution in [1.82, 2.24) is 10.2 Å². The number of carbonyl (C=O) groups is 2. The van der Waals surface area contributed by atoms with E-state index in [0.29, 0.717) is 0 Å². The topological polar surface area (TPSA) is 86.8 Å². The molecule has 2 amide bonds. The zero-order valence-corrected chi connectivity index (χ0v) is 20.7. The van der Waals surface area contributed by atoms with Crippen molar-refractivity contribution in [3.05, 3.63) is 65.5 Å². The van der Waals surface area contributed by atoms with E-state index in [4.69, 9.17) is 0 Å². The van der Waals surface area contributed by atoms with Crippen molar-refractivity contribution in [2.45, 2.75) is 52.7 Å². The first-order valence-electron chi connectivity index (χ1n) is 10.6. The molecule has 2 aromatic rings. The maximum atomic E-state index is 13.4. The average Bonchev–Trinajstić information content (AvgIpc) is 2.69. The van der Waals surface area contributed by atoms with Crippen LogP contribution in [0.25, 0.3) is 0 Å². The third-order valence-electron chi connectivity index (χ3n) is 5.06. The molecule has 0 aromatic heterocycles. The summed E-state index contributed by atoms with van der Waals surface area (Å²) >= 11 is 0. The van der Waals surface area contributed by atoms with Gasteiger partial charge < -0.3 is 10.2 Å². The average molecular weight is 478 g/mol. The van der Waals surface area contributed by atoms with Gasteiger partial charge in [-0.05, 0) is 70.0 Å². The van der Waals surface area contributed by atoms with E-state index in [-0.39, 0.29) is 18.1 Å². The molecular formula is C24H32FN3O4S. The summed E-state index contributed by atoms with van der Waals surface area (Å²) in [6.07, 6.45) is 0.977. The third-order valence-corrected chi connectivity index (χ3v) is 6.20. The number of aryl methyl sites for hydroxylation is 1. The molecule has 0 aliphatic rings. The highest BCUT2D eigenvalue weighted by molar-refractivity contribution is 7.92. The molecule has 0 bridgehead atoms. The van der Waals surface area contributed by atoms with Crippen LogP contribution >= 0.6 is 0 Å². The van der Waals surface area contributed by atoms with Crippen LogP contribution in [0.2, 0.25) is 0 Å². The van der Waals surface area contributed by atoms with Gasteiger partial charge in [-0.3, -0.25) is 13.9 Å². The number of amides is 2. The van der Waals surface area contributed by atoms with Crippen molar-refractivity contribution in [1.29, 1.82) is 0 Å². The van der Waals surface area contributed by atoms with Gasteiger partial charge in [0.25, 0.3) is 0 Å². The minimum Gasteiger partial charge on any atom is -0.350 e. The maximum Gasteiger partial charge on any atom is 0.244 e. The number of hydrogen-bond acceptors (Lipinski definition) is 4. The van der Waals surface area contributed by atoms with E-state index in [9.17, 15) is 22.4 Å². The number of anilines is 1. The highest BCUT2D eigenvalue weighted by Gasteiger charge is 2.31. The number of rotatable bonds is 8. The second-order valence-corrected chi connectivity index (χ2v) is 11.0. The van der Waals surface area contributed by atoms with E-state index in [1.165, 1.54) is 17.0 Å². The van der Waals surface area contributed by atoms with Gasteiger partial charge in [-0.2, -0.15) is 0 Å². The van der Waals surface area contributed by atoms with Crippen LogP contribution in [0.5, 0.6) is 0 Å². The van der Waals surface area contributed by atoms with Crippen LogP contribution in [0.4, 0.5) is 10.1 Å². The molecule has 1 N–H and O–H groups in total. The number of hydrogen-bond donors (Lipinski definition) is 1. The van der Waals surface area contributed by atoms with E-state index < -0.39 is 39.9 Å². The van der Waals surface area contributed by atoms with E-state index in [1.807, 2.05) is 52.0 Å². The lowest BCUT2D eigenvalue weighted by Crippen LogP contribution is -2.54. The normalized spacial score (nSPS) is 12.7. The van der Waals surface area contributed by atoms with E-state index in [2.05, 4.69) is 5.32 Å². The van der Waals surface area contributed by atoms with Gasteiger partial charge in [-0.25, -0.2) is 12.8 Å². The van der Waals surface area contributed by atoms with Crippen molar-refractivity contribution in [3.8, 4) is 0 Å². The predicted octanol–water partition coefficient (Wildman–Crippen LogP) is 3.23. The van der Waals surface area contributed by atoms with Gasteiger partial charge >= 0.3 is 0 Å². The summed E-state index contributed by atoms with van der Waals surface area (Å²) in [5.74, 6) is -1.42. The minimum atomic E-state index is -3.85. The molecule has 0 fully saturated rings. The summed E-state index contributed by atoms with van der Waals surface area (Å²) < 4.78 is 39.2. The van der Waals surface area contributed by atoms with Crippen molar-refractivity contribution in [3.63, 3.8) is 0 Å². The Bertz CT molecular complexity index is 1100. The molecule has 2 rings (SSSR count). The molecule has 33 heavy (non-hydrogen) atoms. The molecule has 0 aliphatic heterocycles. The third kappa shape index (κ3) is 7.56. The summed E-state index contributed by atoms with van der Waals surface area (Å²) in [6.45, 7) is 8.63. The van der Waals surface area contributed by atoms with Crippen molar-refractivity contribution in [2.75, 3.05) is 17.1 Å². The molecule has 0 aliphatic carbocycles. The van der Waals surface area contributed by atoms with Crippen LogP contribution in [-0.4, -0.2) is 49.5 Å². The zero-order chi connectivity index (χ0) is 25.0. The highest BCUT2D eigenvalue weighted by Crippen LogP contribution is 2.20. The number of nitrogens with one attached hydrogen (secondary N) is 1. The lowest BCUT2D eigenvalue weighted by atomic mass is 10.1. The van der Waals surface area contributed by atoms with Crippen molar-refractivity contribution >= 4 is 27.5 Å². The standard InChI is InChI=1S/C24H32FN3O4S/c1-17-9-7-8-10-19(17)15-27(18(2)23(30)26-24(3,4)5)22(29)16-28(33(6,31)32)21-13-11-20(25)12-14-21/h7-14,18H,15-16H2,1-6H3,(H,26,30)/t18-/m0/s1. The molecule has 0 radical (unpaired) electrons. The second-order valence-electron chi connectivity index (χ2n) is 9.11. The van der Waals surface area contributed by atoms with Gasteiger partial charge in [-0.15, -0.1) is 0 Å². The predicted molar refractivity (Wildman–Crippen MR) is 128 cm³/mol. The molecule has 0 heterocycles. The maximum absolute atomic E-state index is 13.4. The van der Waals surface area contributed by atoms with Gasteiger partial charge in [0.2, 0.25) is 21.8 Å². The van der Waals surface area contributed by atoms with Crippen LogP contribution in [0, 0.1) is 12.7 Å². The molecule has 7 nitrogen and oxygen atoms in total. The molecule has 0 saturated heterocycles. The summed E-state index contributed by atoms with van der Waals surface area (Å²) in [7, 11) is -3.85. The largest absolute Gasteiger partial charge is 0.350 e. The van der Waals surface area contributed by atoms with Crippen LogP contribution in [0.15, 0.2) is 48.5 Å². The summed E-state index contributed by atoms with van der Waals surface area (Å²) in [5, 5.41) is 2.87. The minimum absolute atomic E-state index is 0.130. The van der Waals surface area contributed by atoms with E-state index >= 15 is 0 Å². The molecule has 2 aromatic carbocycles. The van der Waals surface area contributed by atoms with Crippen molar-refractivity contribution in [2.24, 2.45) is 0 Å². The Hall–Kier alpha value is -2.94. The number of carbonyl (C=O) groups excluding carboxylic acids is 2. The quantitative estimate of drug-likeness (QED) is 0.633. The molecule has 0 saturated carbocycles.